The molecule has 0 spiro atoms. The van der Waals surface area contributed by atoms with E-state index in [1.54, 1.807) is 0 Å². The zero-order chi connectivity index (χ0) is 7.19. The van der Waals surface area contributed by atoms with Gasteiger partial charge in [-0.2, -0.15) is 0 Å². The van der Waals surface area contributed by atoms with Crippen LogP contribution < -0.4 is 11.1 Å². The monoisotopic (exact) mass is 140 g/mol. The van der Waals surface area contributed by atoms with Crippen molar-refractivity contribution in [3.05, 3.63) is 0 Å². The molecule has 0 bridgehead atoms. The van der Waals surface area contributed by atoms with Gasteiger partial charge in [0, 0.05) is 12.1 Å². The molecular weight excluding hydrogens is 124 g/mol. The van der Waals surface area contributed by atoms with Crippen LogP contribution in [0, 0.1) is 5.41 Å². The smallest absolute Gasteiger partial charge is 0.0137 e. The van der Waals surface area contributed by atoms with E-state index < -0.39 is 0 Å². The van der Waals surface area contributed by atoms with E-state index in [9.17, 15) is 0 Å². The summed E-state index contributed by atoms with van der Waals surface area (Å²) in [5, 5.41) is 3.51. The molecule has 2 aliphatic rings. The Balaban J connectivity index is 1.99. The highest BCUT2D eigenvalue weighted by molar-refractivity contribution is 5.10. The first-order valence-electron chi connectivity index (χ1n) is 4.22. The highest BCUT2D eigenvalue weighted by atomic mass is 15.0. The molecule has 58 valence electrons. The van der Waals surface area contributed by atoms with Gasteiger partial charge in [-0.05, 0) is 31.2 Å². The van der Waals surface area contributed by atoms with Crippen LogP contribution in [0.1, 0.15) is 26.2 Å². The Morgan fingerprint density at radius 2 is 2.30 bits per heavy atom. The van der Waals surface area contributed by atoms with Gasteiger partial charge < -0.3 is 11.1 Å². The van der Waals surface area contributed by atoms with E-state index in [2.05, 4.69) is 12.2 Å². The maximum Gasteiger partial charge on any atom is 0.0137 e. The van der Waals surface area contributed by atoms with Crippen LogP contribution in [0.5, 0.6) is 0 Å². The summed E-state index contributed by atoms with van der Waals surface area (Å²) < 4.78 is 0. The molecule has 1 heterocycles. The third-order valence-corrected chi connectivity index (χ3v) is 3.20. The van der Waals surface area contributed by atoms with E-state index in [0.717, 1.165) is 6.04 Å². The van der Waals surface area contributed by atoms with Gasteiger partial charge in [-0.1, -0.05) is 6.92 Å². The Labute approximate surface area is 62.2 Å². The van der Waals surface area contributed by atoms with E-state index in [-0.39, 0.29) is 0 Å². The molecule has 2 nitrogen and oxygen atoms in total. The molecule has 0 radical (unpaired) electrons. The largest absolute Gasteiger partial charge is 0.327 e. The number of hydrogen-bond donors (Lipinski definition) is 2. The van der Waals surface area contributed by atoms with Gasteiger partial charge in [0.05, 0.1) is 0 Å². The van der Waals surface area contributed by atoms with Gasteiger partial charge in [0.1, 0.15) is 0 Å². The molecule has 3 atom stereocenters. The quantitative estimate of drug-likeness (QED) is 0.556. The lowest BCUT2D eigenvalue weighted by atomic mass is 9.97. The van der Waals surface area contributed by atoms with Crippen molar-refractivity contribution in [3.63, 3.8) is 0 Å². The Hall–Kier alpha value is -0.0800. The minimum Gasteiger partial charge on any atom is -0.327 e. The summed E-state index contributed by atoms with van der Waals surface area (Å²) in [7, 11) is 0. The topological polar surface area (TPSA) is 38.0 Å². The van der Waals surface area contributed by atoms with Crippen molar-refractivity contribution >= 4 is 0 Å². The van der Waals surface area contributed by atoms with Crippen LogP contribution >= 0.6 is 0 Å². The fraction of sp³-hybridized carbons (Fsp3) is 1.00. The van der Waals surface area contributed by atoms with Gasteiger partial charge in [-0.15, -0.1) is 0 Å². The van der Waals surface area contributed by atoms with Crippen molar-refractivity contribution in [1.82, 2.24) is 5.32 Å². The molecule has 1 aliphatic carbocycles. The van der Waals surface area contributed by atoms with Gasteiger partial charge in [-0.25, -0.2) is 0 Å². The number of nitrogens with two attached hydrogens (primary N) is 1. The molecule has 1 saturated heterocycles. The van der Waals surface area contributed by atoms with Crippen LogP contribution in [0.3, 0.4) is 0 Å². The minimum absolute atomic E-state index is 0.455. The first-order chi connectivity index (χ1) is 4.73. The summed E-state index contributed by atoms with van der Waals surface area (Å²) in [5.74, 6) is 0. The number of rotatable bonds is 1. The molecule has 10 heavy (non-hydrogen) atoms. The summed E-state index contributed by atoms with van der Waals surface area (Å²) >= 11 is 0. The first kappa shape index (κ1) is 6.62. The normalized spacial score (nSPS) is 53.4. The van der Waals surface area contributed by atoms with Crippen molar-refractivity contribution in [2.75, 3.05) is 6.54 Å². The third kappa shape index (κ3) is 0.789. The Kier molecular flexibility index (Phi) is 1.29. The lowest BCUT2D eigenvalue weighted by Crippen LogP contribution is -2.33. The predicted octanol–water partition coefficient (Wildman–Crippen LogP) is 0.476. The lowest BCUT2D eigenvalue weighted by molar-refractivity contribution is 0.386. The molecule has 3 unspecified atom stereocenters. The minimum atomic E-state index is 0.455. The van der Waals surface area contributed by atoms with Crippen molar-refractivity contribution in [1.29, 1.82) is 0 Å². The van der Waals surface area contributed by atoms with E-state index in [4.69, 9.17) is 5.73 Å². The maximum atomic E-state index is 5.84. The molecule has 3 N–H and O–H groups in total. The van der Waals surface area contributed by atoms with Crippen LogP contribution in [0.2, 0.25) is 0 Å². The van der Waals surface area contributed by atoms with Gasteiger partial charge in [0.15, 0.2) is 0 Å². The summed E-state index contributed by atoms with van der Waals surface area (Å²) in [5.41, 5.74) is 6.30. The predicted molar refractivity (Wildman–Crippen MR) is 41.7 cm³/mol. The summed E-state index contributed by atoms with van der Waals surface area (Å²) in [4.78, 5) is 0. The Bertz CT molecular complexity index is 140. The fourth-order valence-corrected chi connectivity index (χ4v) is 2.06. The van der Waals surface area contributed by atoms with E-state index >= 15 is 0 Å². The molecule has 0 aromatic heterocycles. The molecule has 2 rings (SSSR count). The third-order valence-electron chi connectivity index (χ3n) is 3.20. The van der Waals surface area contributed by atoms with E-state index in [1.807, 2.05) is 0 Å². The Morgan fingerprint density at radius 1 is 1.60 bits per heavy atom. The van der Waals surface area contributed by atoms with Crippen LogP contribution in [-0.4, -0.2) is 18.6 Å². The summed E-state index contributed by atoms with van der Waals surface area (Å²) in [6.07, 6.45) is 3.90. The second-order valence-corrected chi connectivity index (χ2v) is 3.97. The molecule has 1 saturated carbocycles. The Morgan fingerprint density at radius 3 is 2.70 bits per heavy atom. The van der Waals surface area contributed by atoms with Gasteiger partial charge in [0.25, 0.3) is 0 Å². The molecule has 0 aromatic carbocycles. The highest BCUT2D eigenvalue weighted by Crippen LogP contribution is 2.48. The van der Waals surface area contributed by atoms with Gasteiger partial charge in [-0.3, -0.25) is 0 Å². The summed E-state index contributed by atoms with van der Waals surface area (Å²) in [6, 6.07) is 1.20. The first-order valence-corrected chi connectivity index (χ1v) is 4.22. The maximum absolute atomic E-state index is 5.84. The fourth-order valence-electron chi connectivity index (χ4n) is 2.06. The highest BCUT2D eigenvalue weighted by Gasteiger charge is 2.53. The van der Waals surface area contributed by atoms with Crippen molar-refractivity contribution in [2.24, 2.45) is 11.1 Å². The zero-order valence-electron chi connectivity index (χ0n) is 6.56. The molecular formula is C8H16N2. The van der Waals surface area contributed by atoms with E-state index in [0.29, 0.717) is 11.5 Å². The van der Waals surface area contributed by atoms with Crippen LogP contribution in [-0.2, 0) is 0 Å². The zero-order valence-corrected chi connectivity index (χ0v) is 6.56. The van der Waals surface area contributed by atoms with Crippen LogP contribution in [0.25, 0.3) is 0 Å². The van der Waals surface area contributed by atoms with Crippen LogP contribution in [0.4, 0.5) is 0 Å². The van der Waals surface area contributed by atoms with Crippen molar-refractivity contribution < 1.29 is 0 Å². The SMILES string of the molecule is CC1(C2CCCN2)CC1N. The molecule has 2 fully saturated rings. The summed E-state index contributed by atoms with van der Waals surface area (Å²) in [6.45, 7) is 3.51. The van der Waals surface area contributed by atoms with Gasteiger partial charge >= 0.3 is 0 Å². The number of hydrogen-bond acceptors (Lipinski definition) is 2. The molecule has 1 aliphatic heterocycles. The lowest BCUT2D eigenvalue weighted by Gasteiger charge is -2.18. The average Bonchev–Trinajstić information content (AvgIpc) is 2.35. The second-order valence-electron chi connectivity index (χ2n) is 3.97. The molecule has 0 aromatic rings. The second kappa shape index (κ2) is 1.95. The van der Waals surface area contributed by atoms with Gasteiger partial charge in [0.2, 0.25) is 0 Å². The molecule has 2 heteroatoms. The van der Waals surface area contributed by atoms with E-state index in [1.165, 1.54) is 25.8 Å². The molecule has 0 amide bonds. The van der Waals surface area contributed by atoms with Crippen molar-refractivity contribution in [2.45, 2.75) is 38.3 Å². The van der Waals surface area contributed by atoms with Crippen molar-refractivity contribution in [3.8, 4) is 0 Å². The standard InChI is InChI=1S/C8H16N2/c1-8(5-6(8)9)7-3-2-4-10-7/h6-7,10H,2-5,9H2,1H3. The van der Waals surface area contributed by atoms with Crippen LogP contribution in [0.15, 0.2) is 0 Å². The average molecular weight is 140 g/mol. The number of nitrogens with one attached hydrogen (secondary N) is 1.